The number of aromatic amines is 1. The predicted molar refractivity (Wildman–Crippen MR) is 86.9 cm³/mol. The lowest BCUT2D eigenvalue weighted by Crippen LogP contribution is -2.13. The lowest BCUT2D eigenvalue weighted by molar-refractivity contribution is -0.114. The number of pyridine rings is 1. The van der Waals surface area contributed by atoms with Crippen molar-refractivity contribution >= 4 is 35.4 Å². The SMILES string of the molecule is COc1ccc(NC(=O)c2ccc[nH]c2=S)cc1NC(C)=O. The van der Waals surface area contributed by atoms with Crippen LogP contribution in [0.4, 0.5) is 11.4 Å². The molecular weight excluding hydrogens is 302 g/mol. The van der Waals surface area contributed by atoms with Gasteiger partial charge < -0.3 is 20.4 Å². The van der Waals surface area contributed by atoms with Gasteiger partial charge in [0, 0.05) is 18.8 Å². The summed E-state index contributed by atoms with van der Waals surface area (Å²) in [5.74, 6) is -0.0572. The summed E-state index contributed by atoms with van der Waals surface area (Å²) >= 11 is 5.07. The number of hydrogen-bond donors (Lipinski definition) is 3. The van der Waals surface area contributed by atoms with Crippen molar-refractivity contribution < 1.29 is 14.3 Å². The third kappa shape index (κ3) is 3.70. The molecule has 0 unspecified atom stereocenters. The molecule has 0 spiro atoms. The van der Waals surface area contributed by atoms with Gasteiger partial charge in [-0.2, -0.15) is 0 Å². The smallest absolute Gasteiger partial charge is 0.258 e. The maximum Gasteiger partial charge on any atom is 0.258 e. The molecule has 1 heterocycles. The first-order chi connectivity index (χ1) is 10.5. The average Bonchev–Trinajstić information content (AvgIpc) is 2.47. The monoisotopic (exact) mass is 317 g/mol. The molecule has 0 aliphatic heterocycles. The number of benzene rings is 1. The van der Waals surface area contributed by atoms with E-state index in [9.17, 15) is 9.59 Å². The Morgan fingerprint density at radius 1 is 1.23 bits per heavy atom. The molecule has 0 fully saturated rings. The molecule has 22 heavy (non-hydrogen) atoms. The van der Waals surface area contributed by atoms with Gasteiger partial charge in [-0.15, -0.1) is 0 Å². The first-order valence-electron chi connectivity index (χ1n) is 6.46. The second-order valence-corrected chi connectivity index (χ2v) is 4.87. The summed E-state index contributed by atoms with van der Waals surface area (Å²) in [6.07, 6.45) is 1.65. The highest BCUT2D eigenvalue weighted by atomic mass is 32.1. The van der Waals surface area contributed by atoms with Crippen molar-refractivity contribution in [2.24, 2.45) is 0 Å². The molecule has 6 nitrogen and oxygen atoms in total. The van der Waals surface area contributed by atoms with Crippen LogP contribution in [0.15, 0.2) is 36.5 Å². The number of carbonyl (C=O) groups excluding carboxylic acids is 2. The highest BCUT2D eigenvalue weighted by Crippen LogP contribution is 2.28. The van der Waals surface area contributed by atoms with Gasteiger partial charge in [0.2, 0.25) is 5.91 Å². The van der Waals surface area contributed by atoms with Crippen LogP contribution in [0.25, 0.3) is 0 Å². The van der Waals surface area contributed by atoms with E-state index in [-0.39, 0.29) is 11.8 Å². The largest absolute Gasteiger partial charge is 0.495 e. The van der Waals surface area contributed by atoms with Gasteiger partial charge in [0.05, 0.1) is 18.4 Å². The minimum Gasteiger partial charge on any atom is -0.495 e. The number of hydrogen-bond acceptors (Lipinski definition) is 4. The first-order valence-corrected chi connectivity index (χ1v) is 6.87. The standard InChI is InChI=1S/C15H15N3O3S/c1-9(19)17-12-8-10(5-6-13(12)21-2)18-14(20)11-4-3-7-16-15(11)22/h3-8H,1-2H3,(H,16,22)(H,17,19)(H,18,20). The number of aromatic nitrogens is 1. The Bertz CT molecular complexity index is 771. The van der Waals surface area contributed by atoms with Crippen LogP contribution < -0.4 is 15.4 Å². The topological polar surface area (TPSA) is 83.2 Å². The fourth-order valence-electron chi connectivity index (χ4n) is 1.87. The van der Waals surface area contributed by atoms with E-state index >= 15 is 0 Å². The number of rotatable bonds is 4. The van der Waals surface area contributed by atoms with Crippen LogP contribution >= 0.6 is 12.2 Å². The lowest BCUT2D eigenvalue weighted by Gasteiger charge is -2.12. The Morgan fingerprint density at radius 2 is 2.00 bits per heavy atom. The van der Waals surface area contributed by atoms with Crippen molar-refractivity contribution in [3.05, 3.63) is 46.7 Å². The number of amides is 2. The van der Waals surface area contributed by atoms with Crippen molar-refractivity contribution in [2.75, 3.05) is 17.7 Å². The van der Waals surface area contributed by atoms with Crippen molar-refractivity contribution in [1.82, 2.24) is 4.98 Å². The van der Waals surface area contributed by atoms with Gasteiger partial charge in [0.15, 0.2) is 0 Å². The normalized spacial score (nSPS) is 9.91. The quantitative estimate of drug-likeness (QED) is 0.757. The Kier molecular flexibility index (Phi) is 4.90. The molecule has 0 aliphatic carbocycles. The molecule has 1 aromatic carbocycles. The van der Waals surface area contributed by atoms with Crippen LogP contribution in [0.3, 0.4) is 0 Å². The van der Waals surface area contributed by atoms with E-state index in [1.165, 1.54) is 14.0 Å². The van der Waals surface area contributed by atoms with E-state index in [4.69, 9.17) is 17.0 Å². The summed E-state index contributed by atoms with van der Waals surface area (Å²) in [5, 5.41) is 5.38. The third-order valence-electron chi connectivity index (χ3n) is 2.83. The molecule has 2 aromatic rings. The van der Waals surface area contributed by atoms with Gasteiger partial charge in [-0.1, -0.05) is 12.2 Å². The number of nitrogens with one attached hydrogen (secondary N) is 3. The van der Waals surface area contributed by atoms with E-state index in [1.807, 2.05) is 0 Å². The summed E-state index contributed by atoms with van der Waals surface area (Å²) < 4.78 is 5.52. The first kappa shape index (κ1) is 15.7. The van der Waals surface area contributed by atoms with E-state index in [0.29, 0.717) is 27.3 Å². The Balaban J connectivity index is 2.26. The maximum absolute atomic E-state index is 12.2. The number of methoxy groups -OCH3 is 1. The molecule has 2 amide bonds. The molecule has 114 valence electrons. The van der Waals surface area contributed by atoms with E-state index in [0.717, 1.165) is 0 Å². The Labute approximate surface area is 132 Å². The summed E-state index contributed by atoms with van der Waals surface area (Å²) in [4.78, 5) is 26.2. The molecular formula is C15H15N3O3S. The number of anilines is 2. The molecule has 1 aromatic heterocycles. The second kappa shape index (κ2) is 6.86. The molecule has 7 heteroatoms. The molecule has 0 saturated carbocycles. The van der Waals surface area contributed by atoms with Crippen LogP contribution in [-0.2, 0) is 4.79 Å². The summed E-state index contributed by atoms with van der Waals surface area (Å²) in [5.41, 5.74) is 1.37. The van der Waals surface area contributed by atoms with E-state index in [1.54, 1.807) is 36.5 Å². The summed E-state index contributed by atoms with van der Waals surface area (Å²) in [7, 11) is 1.50. The van der Waals surface area contributed by atoms with Crippen molar-refractivity contribution in [3.8, 4) is 5.75 Å². The van der Waals surface area contributed by atoms with Crippen LogP contribution in [0.5, 0.6) is 5.75 Å². The van der Waals surface area contributed by atoms with Gasteiger partial charge in [-0.3, -0.25) is 9.59 Å². The van der Waals surface area contributed by atoms with Crippen molar-refractivity contribution in [3.63, 3.8) is 0 Å². The van der Waals surface area contributed by atoms with E-state index < -0.39 is 0 Å². The van der Waals surface area contributed by atoms with Gasteiger partial charge in [0.1, 0.15) is 10.4 Å². The average molecular weight is 317 g/mol. The van der Waals surface area contributed by atoms with Crippen LogP contribution in [0.2, 0.25) is 0 Å². The zero-order chi connectivity index (χ0) is 16.1. The summed E-state index contributed by atoms with van der Waals surface area (Å²) in [6, 6.07) is 8.28. The highest BCUT2D eigenvalue weighted by molar-refractivity contribution is 7.71. The van der Waals surface area contributed by atoms with Gasteiger partial charge in [-0.25, -0.2) is 0 Å². The minimum absolute atomic E-state index is 0.229. The Hall–Kier alpha value is -2.67. The predicted octanol–water partition coefficient (Wildman–Crippen LogP) is 2.96. The van der Waals surface area contributed by atoms with Crippen LogP contribution in [0.1, 0.15) is 17.3 Å². The minimum atomic E-state index is -0.333. The number of ether oxygens (including phenoxy) is 1. The zero-order valence-electron chi connectivity index (χ0n) is 12.1. The molecule has 0 bridgehead atoms. The molecule has 0 aliphatic rings. The molecule has 0 atom stereocenters. The molecule has 3 N–H and O–H groups in total. The Morgan fingerprint density at radius 3 is 2.64 bits per heavy atom. The molecule has 0 radical (unpaired) electrons. The molecule has 2 rings (SSSR count). The number of carbonyl (C=O) groups is 2. The van der Waals surface area contributed by atoms with Gasteiger partial charge >= 0.3 is 0 Å². The van der Waals surface area contributed by atoms with Gasteiger partial charge in [0.25, 0.3) is 5.91 Å². The lowest BCUT2D eigenvalue weighted by atomic mass is 10.2. The van der Waals surface area contributed by atoms with Crippen molar-refractivity contribution in [2.45, 2.75) is 6.92 Å². The molecule has 0 saturated heterocycles. The summed E-state index contributed by atoms with van der Waals surface area (Å²) in [6.45, 7) is 1.40. The zero-order valence-corrected chi connectivity index (χ0v) is 12.9. The third-order valence-corrected chi connectivity index (χ3v) is 3.17. The highest BCUT2D eigenvalue weighted by Gasteiger charge is 2.10. The van der Waals surface area contributed by atoms with Crippen molar-refractivity contribution in [1.29, 1.82) is 0 Å². The van der Waals surface area contributed by atoms with Gasteiger partial charge in [-0.05, 0) is 30.3 Å². The van der Waals surface area contributed by atoms with Crippen LogP contribution in [-0.4, -0.2) is 23.9 Å². The van der Waals surface area contributed by atoms with Crippen LogP contribution in [0, 0.1) is 4.64 Å². The fourth-order valence-corrected chi connectivity index (χ4v) is 2.10. The van der Waals surface area contributed by atoms with E-state index in [2.05, 4.69) is 15.6 Å². The second-order valence-electron chi connectivity index (χ2n) is 4.46. The number of H-pyrrole nitrogens is 1. The maximum atomic E-state index is 12.2. The fraction of sp³-hybridized carbons (Fsp3) is 0.133.